The second-order valence-electron chi connectivity index (χ2n) is 3.65. The van der Waals surface area contributed by atoms with Crippen LogP contribution >= 0.6 is 0 Å². The van der Waals surface area contributed by atoms with Gasteiger partial charge in [-0.25, -0.2) is 0 Å². The Morgan fingerprint density at radius 1 is 1.25 bits per heavy atom. The van der Waals surface area contributed by atoms with E-state index in [2.05, 4.69) is 0 Å². The van der Waals surface area contributed by atoms with Crippen LogP contribution in [0.4, 0.5) is 0 Å². The van der Waals surface area contributed by atoms with Gasteiger partial charge in [-0.1, -0.05) is 29.8 Å². The molecule has 0 fully saturated rings. The number of benzene rings is 1. The van der Waals surface area contributed by atoms with Crippen molar-refractivity contribution in [2.24, 2.45) is 5.73 Å². The summed E-state index contributed by atoms with van der Waals surface area (Å²) in [6.45, 7) is 0. The van der Waals surface area contributed by atoms with E-state index in [-0.39, 0.29) is 12.7 Å². The molecule has 5 nitrogen and oxygen atoms in total. The Balaban J connectivity index is 2.61. The SMILES string of the molecule is NC(Cc1ccc(CB(O)O)cc1)C(=O)O. The van der Waals surface area contributed by atoms with Crippen molar-refractivity contribution < 1.29 is 19.9 Å². The predicted octanol–water partition coefficient (Wildman–Crippen LogP) is -0.805. The molecule has 0 saturated carbocycles. The Labute approximate surface area is 93.7 Å². The number of carbonyl (C=O) groups is 1. The molecule has 1 atom stereocenters. The van der Waals surface area contributed by atoms with Gasteiger partial charge in [0.25, 0.3) is 0 Å². The molecule has 0 amide bonds. The third-order valence-electron chi connectivity index (χ3n) is 2.21. The third-order valence-corrected chi connectivity index (χ3v) is 2.21. The molecule has 0 bridgehead atoms. The fourth-order valence-corrected chi connectivity index (χ4v) is 1.36. The summed E-state index contributed by atoms with van der Waals surface area (Å²) in [6.07, 6.45) is 0.419. The number of hydrogen-bond acceptors (Lipinski definition) is 4. The van der Waals surface area contributed by atoms with Crippen molar-refractivity contribution in [2.45, 2.75) is 18.8 Å². The normalized spacial score (nSPS) is 12.2. The molecule has 5 N–H and O–H groups in total. The van der Waals surface area contributed by atoms with Crippen molar-refractivity contribution in [1.29, 1.82) is 0 Å². The van der Waals surface area contributed by atoms with E-state index >= 15 is 0 Å². The summed E-state index contributed by atoms with van der Waals surface area (Å²) in [5.74, 6) is -1.03. The number of nitrogens with two attached hydrogens (primary N) is 1. The fourth-order valence-electron chi connectivity index (χ4n) is 1.36. The summed E-state index contributed by atoms with van der Waals surface area (Å²) >= 11 is 0. The van der Waals surface area contributed by atoms with Gasteiger partial charge in [0.05, 0.1) is 0 Å². The molecule has 16 heavy (non-hydrogen) atoms. The first-order valence-corrected chi connectivity index (χ1v) is 4.91. The zero-order valence-corrected chi connectivity index (χ0v) is 8.71. The molecule has 0 spiro atoms. The summed E-state index contributed by atoms with van der Waals surface area (Å²) in [7, 11) is -1.37. The topological polar surface area (TPSA) is 104 Å². The average molecular weight is 223 g/mol. The Kier molecular flexibility index (Phi) is 4.48. The van der Waals surface area contributed by atoms with Crippen LogP contribution in [0, 0.1) is 0 Å². The highest BCUT2D eigenvalue weighted by molar-refractivity contribution is 6.40. The molecule has 1 aromatic carbocycles. The van der Waals surface area contributed by atoms with Crippen LogP contribution in [0.1, 0.15) is 11.1 Å². The van der Waals surface area contributed by atoms with Crippen molar-refractivity contribution in [3.8, 4) is 0 Å². The second kappa shape index (κ2) is 5.65. The maximum absolute atomic E-state index is 10.5. The first kappa shape index (κ1) is 12.7. The van der Waals surface area contributed by atoms with Gasteiger partial charge in [0.1, 0.15) is 6.04 Å². The van der Waals surface area contributed by atoms with E-state index in [0.717, 1.165) is 11.1 Å². The van der Waals surface area contributed by atoms with Gasteiger partial charge in [-0.3, -0.25) is 4.79 Å². The molecule has 6 heteroatoms. The molecule has 0 heterocycles. The maximum atomic E-state index is 10.5. The van der Waals surface area contributed by atoms with E-state index in [9.17, 15) is 4.79 Å². The molecule has 0 aliphatic heterocycles. The van der Waals surface area contributed by atoms with E-state index in [1.165, 1.54) is 0 Å². The summed E-state index contributed by atoms with van der Waals surface area (Å²) in [5.41, 5.74) is 6.98. The van der Waals surface area contributed by atoms with Gasteiger partial charge in [-0.15, -0.1) is 0 Å². The zero-order chi connectivity index (χ0) is 12.1. The van der Waals surface area contributed by atoms with E-state index < -0.39 is 19.1 Å². The lowest BCUT2D eigenvalue weighted by molar-refractivity contribution is -0.138. The van der Waals surface area contributed by atoms with Crippen molar-refractivity contribution in [3.63, 3.8) is 0 Å². The number of carboxylic acids is 1. The summed E-state index contributed by atoms with van der Waals surface area (Å²) in [5, 5.41) is 26.1. The Morgan fingerprint density at radius 2 is 1.75 bits per heavy atom. The lowest BCUT2D eigenvalue weighted by Crippen LogP contribution is -2.32. The van der Waals surface area contributed by atoms with Gasteiger partial charge in [-0.05, 0) is 12.0 Å². The van der Waals surface area contributed by atoms with E-state index in [1.807, 2.05) is 0 Å². The molecule has 1 unspecified atom stereocenters. The van der Waals surface area contributed by atoms with Gasteiger partial charge in [0, 0.05) is 6.32 Å². The minimum Gasteiger partial charge on any atom is -0.480 e. The van der Waals surface area contributed by atoms with E-state index in [4.69, 9.17) is 20.9 Å². The Morgan fingerprint density at radius 3 is 2.19 bits per heavy atom. The monoisotopic (exact) mass is 223 g/mol. The smallest absolute Gasteiger partial charge is 0.456 e. The van der Waals surface area contributed by atoms with Crippen LogP contribution in [-0.4, -0.2) is 34.3 Å². The minimum absolute atomic E-state index is 0.158. The molecule has 1 aromatic rings. The highest BCUT2D eigenvalue weighted by atomic mass is 16.4. The quantitative estimate of drug-likeness (QED) is 0.489. The molecule has 1 rings (SSSR count). The standard InChI is InChI=1S/C10H14BNO4/c12-9(10(13)14)5-7-1-3-8(4-2-7)6-11(15)16/h1-4,9,15-16H,5-6,12H2,(H,13,14). The number of aliphatic carboxylic acids is 1. The number of rotatable bonds is 5. The van der Waals surface area contributed by atoms with E-state index in [0.29, 0.717) is 0 Å². The lowest BCUT2D eigenvalue weighted by atomic mass is 9.82. The summed E-state index contributed by atoms with van der Waals surface area (Å²) in [4.78, 5) is 10.5. The third kappa shape index (κ3) is 4.02. The van der Waals surface area contributed by atoms with Crippen LogP contribution in [0.3, 0.4) is 0 Å². The molecule has 0 aliphatic carbocycles. The fraction of sp³-hybridized carbons (Fsp3) is 0.300. The summed E-state index contributed by atoms with van der Waals surface area (Å²) < 4.78 is 0. The van der Waals surface area contributed by atoms with Gasteiger partial charge < -0.3 is 20.9 Å². The highest BCUT2D eigenvalue weighted by Crippen LogP contribution is 2.07. The van der Waals surface area contributed by atoms with Crippen molar-refractivity contribution in [2.75, 3.05) is 0 Å². The molecule has 0 aromatic heterocycles. The second-order valence-corrected chi connectivity index (χ2v) is 3.65. The zero-order valence-electron chi connectivity index (χ0n) is 8.71. The van der Waals surface area contributed by atoms with E-state index in [1.54, 1.807) is 24.3 Å². The van der Waals surface area contributed by atoms with Gasteiger partial charge in [0.2, 0.25) is 0 Å². The summed E-state index contributed by atoms with van der Waals surface area (Å²) in [6, 6.07) is 6.02. The molecule has 86 valence electrons. The minimum atomic E-state index is -1.37. The molecular formula is C10H14BNO4. The first-order chi connectivity index (χ1) is 7.49. The number of hydrogen-bond donors (Lipinski definition) is 4. The lowest BCUT2D eigenvalue weighted by Gasteiger charge is -2.07. The first-order valence-electron chi connectivity index (χ1n) is 4.91. The molecule has 0 saturated heterocycles. The molecular weight excluding hydrogens is 209 g/mol. The highest BCUT2D eigenvalue weighted by Gasteiger charge is 2.12. The molecule has 0 radical (unpaired) electrons. The maximum Gasteiger partial charge on any atom is 0.456 e. The van der Waals surface area contributed by atoms with Crippen LogP contribution in [0.15, 0.2) is 24.3 Å². The van der Waals surface area contributed by atoms with Gasteiger partial charge >= 0.3 is 13.1 Å². The van der Waals surface area contributed by atoms with Crippen LogP contribution in [0.25, 0.3) is 0 Å². The Bertz CT molecular complexity index is 352. The van der Waals surface area contributed by atoms with Crippen LogP contribution in [0.2, 0.25) is 0 Å². The van der Waals surface area contributed by atoms with Gasteiger partial charge in [0.15, 0.2) is 0 Å². The van der Waals surface area contributed by atoms with Crippen molar-refractivity contribution in [3.05, 3.63) is 35.4 Å². The average Bonchev–Trinajstić information content (AvgIpc) is 2.20. The van der Waals surface area contributed by atoms with Crippen LogP contribution in [0.5, 0.6) is 0 Å². The van der Waals surface area contributed by atoms with Gasteiger partial charge in [-0.2, -0.15) is 0 Å². The Hall–Kier alpha value is -1.37. The van der Waals surface area contributed by atoms with Crippen LogP contribution in [-0.2, 0) is 17.5 Å². The van der Waals surface area contributed by atoms with Crippen molar-refractivity contribution in [1.82, 2.24) is 0 Å². The predicted molar refractivity (Wildman–Crippen MR) is 59.7 cm³/mol. The molecule has 0 aliphatic rings. The largest absolute Gasteiger partial charge is 0.480 e. The van der Waals surface area contributed by atoms with Crippen LogP contribution < -0.4 is 5.73 Å². The van der Waals surface area contributed by atoms with Crippen molar-refractivity contribution >= 4 is 13.1 Å². The number of carboxylic acid groups (broad SMARTS) is 1.